The molecule has 2 amide bonds. The Kier molecular flexibility index (Phi) is 6.49. The quantitative estimate of drug-likeness (QED) is 0.808. The van der Waals surface area contributed by atoms with Gasteiger partial charge in [-0.1, -0.05) is 40.9 Å². The van der Waals surface area contributed by atoms with Crippen LogP contribution in [0.1, 0.15) is 28.9 Å². The fourth-order valence-corrected chi connectivity index (χ4v) is 2.78. The lowest BCUT2D eigenvalue weighted by atomic mass is 10.1. The predicted molar refractivity (Wildman–Crippen MR) is 96.8 cm³/mol. The summed E-state index contributed by atoms with van der Waals surface area (Å²) in [5.74, 6) is -0.671. The summed E-state index contributed by atoms with van der Waals surface area (Å²) in [5, 5.41) is 6.86. The molecule has 7 heteroatoms. The monoisotopic (exact) mass is 384 g/mol. The number of carbonyl (C=O) groups excluding carboxylic acids is 2. The van der Waals surface area contributed by atoms with Crippen molar-refractivity contribution in [3.63, 3.8) is 0 Å². The molecule has 2 aromatic rings. The first-order chi connectivity index (χ1) is 11.4. The van der Waals surface area contributed by atoms with E-state index in [1.54, 1.807) is 49.4 Å². The SMILES string of the molecule is CC(NC(=O)CNC(=O)c1ccc(Cl)cc1)c1ccc(Cl)cc1Cl. The van der Waals surface area contributed by atoms with Crippen LogP contribution in [0.25, 0.3) is 0 Å². The van der Waals surface area contributed by atoms with Gasteiger partial charge in [-0.05, 0) is 48.9 Å². The molecule has 2 rings (SSSR count). The normalized spacial score (nSPS) is 11.7. The smallest absolute Gasteiger partial charge is 0.251 e. The van der Waals surface area contributed by atoms with Crippen LogP contribution in [0.2, 0.25) is 15.1 Å². The highest BCUT2D eigenvalue weighted by Gasteiger charge is 2.14. The molecule has 2 N–H and O–H groups in total. The van der Waals surface area contributed by atoms with E-state index < -0.39 is 0 Å². The van der Waals surface area contributed by atoms with Gasteiger partial charge < -0.3 is 10.6 Å². The van der Waals surface area contributed by atoms with Crippen molar-refractivity contribution in [2.75, 3.05) is 6.54 Å². The second-order valence-corrected chi connectivity index (χ2v) is 6.42. The van der Waals surface area contributed by atoms with Crippen LogP contribution in [-0.2, 0) is 4.79 Å². The molecular weight excluding hydrogens is 371 g/mol. The molecule has 0 saturated carbocycles. The Balaban J connectivity index is 1.88. The minimum atomic E-state index is -0.348. The first-order valence-electron chi connectivity index (χ1n) is 7.15. The Bertz CT molecular complexity index is 748. The number of nitrogens with one attached hydrogen (secondary N) is 2. The molecular formula is C17H15Cl3N2O2. The summed E-state index contributed by atoms with van der Waals surface area (Å²) >= 11 is 17.7. The van der Waals surface area contributed by atoms with Crippen molar-refractivity contribution in [1.29, 1.82) is 0 Å². The van der Waals surface area contributed by atoms with E-state index >= 15 is 0 Å². The molecule has 0 aliphatic heterocycles. The fourth-order valence-electron chi connectivity index (χ4n) is 2.09. The van der Waals surface area contributed by atoms with E-state index in [4.69, 9.17) is 34.8 Å². The first kappa shape index (κ1) is 18.6. The molecule has 1 unspecified atom stereocenters. The molecule has 0 heterocycles. The molecule has 0 fully saturated rings. The number of hydrogen-bond donors (Lipinski definition) is 2. The Labute approximate surface area is 155 Å². The van der Waals surface area contributed by atoms with Gasteiger partial charge >= 0.3 is 0 Å². The first-order valence-corrected chi connectivity index (χ1v) is 8.28. The van der Waals surface area contributed by atoms with Gasteiger partial charge in [-0.25, -0.2) is 0 Å². The molecule has 0 aliphatic carbocycles. The van der Waals surface area contributed by atoms with Crippen LogP contribution in [-0.4, -0.2) is 18.4 Å². The van der Waals surface area contributed by atoms with E-state index in [1.807, 2.05) is 0 Å². The van der Waals surface area contributed by atoms with Crippen LogP contribution in [0, 0.1) is 0 Å². The molecule has 0 saturated heterocycles. The molecule has 0 radical (unpaired) electrons. The minimum absolute atomic E-state index is 0.142. The molecule has 4 nitrogen and oxygen atoms in total. The van der Waals surface area contributed by atoms with Crippen molar-refractivity contribution < 1.29 is 9.59 Å². The highest BCUT2D eigenvalue weighted by atomic mass is 35.5. The maximum atomic E-state index is 12.0. The summed E-state index contributed by atoms with van der Waals surface area (Å²) in [4.78, 5) is 23.9. The summed E-state index contributed by atoms with van der Waals surface area (Å²) in [5.41, 5.74) is 1.18. The Morgan fingerprint density at radius 1 is 1.00 bits per heavy atom. The maximum Gasteiger partial charge on any atom is 0.251 e. The Hall–Kier alpha value is -1.75. The van der Waals surface area contributed by atoms with Crippen LogP contribution in [0.15, 0.2) is 42.5 Å². The lowest BCUT2D eigenvalue weighted by molar-refractivity contribution is -0.120. The zero-order valence-electron chi connectivity index (χ0n) is 12.8. The van der Waals surface area contributed by atoms with E-state index in [0.717, 1.165) is 5.56 Å². The van der Waals surface area contributed by atoms with Gasteiger partial charge in [0.25, 0.3) is 5.91 Å². The summed E-state index contributed by atoms with van der Waals surface area (Å²) in [6, 6.07) is 11.2. The lowest BCUT2D eigenvalue weighted by Gasteiger charge is -2.16. The van der Waals surface area contributed by atoms with Gasteiger partial charge in [-0.3, -0.25) is 9.59 Å². The average Bonchev–Trinajstić information content (AvgIpc) is 2.53. The van der Waals surface area contributed by atoms with Gasteiger partial charge in [0.1, 0.15) is 0 Å². The Morgan fingerprint density at radius 2 is 1.62 bits per heavy atom. The number of benzene rings is 2. The topological polar surface area (TPSA) is 58.2 Å². The molecule has 1 atom stereocenters. The van der Waals surface area contributed by atoms with Crippen molar-refractivity contribution in [3.05, 3.63) is 68.7 Å². The predicted octanol–water partition coefficient (Wildman–Crippen LogP) is 4.25. The second kappa shape index (κ2) is 8.38. The third-order valence-electron chi connectivity index (χ3n) is 3.32. The van der Waals surface area contributed by atoms with Crippen LogP contribution in [0.5, 0.6) is 0 Å². The van der Waals surface area contributed by atoms with Crippen molar-refractivity contribution in [3.8, 4) is 0 Å². The number of rotatable bonds is 5. The molecule has 2 aromatic carbocycles. The summed E-state index contributed by atoms with van der Waals surface area (Å²) in [6.45, 7) is 1.66. The van der Waals surface area contributed by atoms with Crippen molar-refractivity contribution in [1.82, 2.24) is 10.6 Å². The zero-order chi connectivity index (χ0) is 17.7. The van der Waals surface area contributed by atoms with E-state index in [1.165, 1.54) is 0 Å². The van der Waals surface area contributed by atoms with Crippen LogP contribution < -0.4 is 10.6 Å². The number of halogens is 3. The van der Waals surface area contributed by atoms with Crippen LogP contribution >= 0.6 is 34.8 Å². The van der Waals surface area contributed by atoms with Gasteiger partial charge in [0, 0.05) is 20.6 Å². The second-order valence-electron chi connectivity index (χ2n) is 5.14. The third-order valence-corrected chi connectivity index (χ3v) is 4.14. The minimum Gasteiger partial charge on any atom is -0.348 e. The van der Waals surface area contributed by atoms with Gasteiger partial charge in [0.05, 0.1) is 12.6 Å². The van der Waals surface area contributed by atoms with Gasteiger partial charge in [-0.15, -0.1) is 0 Å². The summed E-state index contributed by atoms with van der Waals surface area (Å²) in [7, 11) is 0. The molecule has 126 valence electrons. The van der Waals surface area contributed by atoms with E-state index in [-0.39, 0.29) is 24.4 Å². The Morgan fingerprint density at radius 3 is 2.25 bits per heavy atom. The zero-order valence-corrected chi connectivity index (χ0v) is 15.0. The standard InChI is InChI=1S/C17H15Cl3N2O2/c1-10(14-7-6-13(19)8-15(14)20)22-16(23)9-21-17(24)11-2-4-12(18)5-3-11/h2-8,10H,9H2,1H3,(H,21,24)(H,22,23). The molecule has 0 aliphatic rings. The van der Waals surface area contributed by atoms with Gasteiger partial charge in [-0.2, -0.15) is 0 Å². The highest BCUT2D eigenvalue weighted by Crippen LogP contribution is 2.25. The highest BCUT2D eigenvalue weighted by molar-refractivity contribution is 6.35. The van der Waals surface area contributed by atoms with E-state index in [2.05, 4.69) is 10.6 Å². The largest absolute Gasteiger partial charge is 0.348 e. The van der Waals surface area contributed by atoms with Crippen molar-refractivity contribution >= 4 is 46.6 Å². The van der Waals surface area contributed by atoms with Crippen LogP contribution in [0.3, 0.4) is 0 Å². The molecule has 0 spiro atoms. The van der Waals surface area contributed by atoms with Gasteiger partial charge in [0.2, 0.25) is 5.91 Å². The number of amides is 2. The van der Waals surface area contributed by atoms with Crippen molar-refractivity contribution in [2.45, 2.75) is 13.0 Å². The fraction of sp³-hybridized carbons (Fsp3) is 0.176. The lowest BCUT2D eigenvalue weighted by Crippen LogP contribution is -2.38. The number of hydrogen-bond acceptors (Lipinski definition) is 2. The van der Waals surface area contributed by atoms with Crippen molar-refractivity contribution in [2.24, 2.45) is 0 Å². The molecule has 0 bridgehead atoms. The average molecular weight is 386 g/mol. The summed E-state index contributed by atoms with van der Waals surface area (Å²) in [6.07, 6.45) is 0. The number of carbonyl (C=O) groups is 2. The maximum absolute atomic E-state index is 12.0. The van der Waals surface area contributed by atoms with E-state index in [0.29, 0.717) is 20.6 Å². The van der Waals surface area contributed by atoms with Crippen LogP contribution in [0.4, 0.5) is 0 Å². The third kappa shape index (κ3) is 5.13. The van der Waals surface area contributed by atoms with E-state index in [9.17, 15) is 9.59 Å². The molecule has 24 heavy (non-hydrogen) atoms. The van der Waals surface area contributed by atoms with Gasteiger partial charge in [0.15, 0.2) is 0 Å². The summed E-state index contributed by atoms with van der Waals surface area (Å²) < 4.78 is 0. The molecule has 0 aromatic heterocycles.